The van der Waals surface area contributed by atoms with Gasteiger partial charge < -0.3 is 5.73 Å². The summed E-state index contributed by atoms with van der Waals surface area (Å²) in [5, 5.41) is 4.61. The molecule has 0 bridgehead atoms. The Balaban J connectivity index is 2.04. The molecule has 94 valence electrons. The number of fused-ring (bicyclic) bond motifs is 1. The molecule has 0 fully saturated rings. The van der Waals surface area contributed by atoms with Gasteiger partial charge in [0.2, 0.25) is 0 Å². The molecule has 0 saturated heterocycles. The minimum absolute atomic E-state index is 0.0212. The molecule has 4 heteroatoms. The second-order valence-corrected chi connectivity index (χ2v) is 5.14. The number of hydrogen-bond donors (Lipinski definition) is 1. The van der Waals surface area contributed by atoms with E-state index in [1.165, 1.54) is 5.56 Å². The number of nitrogens with two attached hydrogens (primary N) is 1. The molecule has 0 amide bonds. The third-order valence-corrected chi connectivity index (χ3v) is 3.61. The molecule has 1 aromatic heterocycles. The summed E-state index contributed by atoms with van der Waals surface area (Å²) in [6.45, 7) is 4.25. The quantitative estimate of drug-likeness (QED) is 0.836. The van der Waals surface area contributed by atoms with Crippen molar-refractivity contribution < 1.29 is 0 Å². The van der Waals surface area contributed by atoms with Crippen molar-refractivity contribution >= 4 is 0 Å². The number of aryl methyl sites for hydroxylation is 1. The van der Waals surface area contributed by atoms with Crippen LogP contribution in [0.1, 0.15) is 43.2 Å². The minimum atomic E-state index is 0.0212. The van der Waals surface area contributed by atoms with Crippen molar-refractivity contribution in [3.63, 3.8) is 0 Å². The van der Waals surface area contributed by atoms with E-state index in [-0.39, 0.29) is 6.04 Å². The largest absolute Gasteiger partial charge is 0.321 e. The molecule has 2 aromatic rings. The number of hydrogen-bond acceptors (Lipinski definition) is 3. The number of benzene rings is 1. The molecule has 0 aliphatic carbocycles. The van der Waals surface area contributed by atoms with Crippen LogP contribution in [0, 0.1) is 6.92 Å². The van der Waals surface area contributed by atoms with Crippen molar-refractivity contribution in [1.29, 1.82) is 0 Å². The normalized spacial score (nSPS) is 22.8. The first-order valence-corrected chi connectivity index (χ1v) is 6.44. The van der Waals surface area contributed by atoms with Gasteiger partial charge in [-0.25, -0.2) is 9.67 Å². The van der Waals surface area contributed by atoms with Crippen LogP contribution in [0.3, 0.4) is 0 Å². The molecule has 1 aliphatic rings. The predicted octanol–water partition coefficient (Wildman–Crippen LogP) is 2.61. The van der Waals surface area contributed by atoms with Gasteiger partial charge in [0, 0.05) is 5.56 Å². The number of nitrogens with zero attached hydrogens (tertiary/aromatic N) is 3. The molecule has 4 nitrogen and oxygen atoms in total. The van der Waals surface area contributed by atoms with Gasteiger partial charge >= 0.3 is 0 Å². The van der Waals surface area contributed by atoms with Gasteiger partial charge in [-0.3, -0.25) is 0 Å². The van der Waals surface area contributed by atoms with Gasteiger partial charge in [-0.15, -0.1) is 0 Å². The topological polar surface area (TPSA) is 56.7 Å². The van der Waals surface area contributed by atoms with Crippen LogP contribution in [0.5, 0.6) is 0 Å². The van der Waals surface area contributed by atoms with Gasteiger partial charge in [0.05, 0.1) is 12.1 Å². The monoisotopic (exact) mass is 242 g/mol. The molecule has 2 unspecified atom stereocenters. The lowest BCUT2D eigenvalue weighted by molar-refractivity contribution is 0.350. The summed E-state index contributed by atoms with van der Waals surface area (Å²) in [6, 6.07) is 8.70. The van der Waals surface area contributed by atoms with Crippen molar-refractivity contribution in [3.05, 3.63) is 35.7 Å². The average molecular weight is 242 g/mol. The van der Waals surface area contributed by atoms with Crippen LogP contribution >= 0.6 is 0 Å². The maximum absolute atomic E-state index is 6.10. The number of rotatable bonds is 1. The smallest absolute Gasteiger partial charge is 0.181 e. The SMILES string of the molecule is Cc1ccc(-c2nc3n(n2)C(C)CCC3N)cc1. The predicted molar refractivity (Wildman–Crippen MR) is 71.1 cm³/mol. The fourth-order valence-electron chi connectivity index (χ4n) is 2.41. The van der Waals surface area contributed by atoms with Crippen LogP contribution in [-0.4, -0.2) is 14.8 Å². The Hall–Kier alpha value is -1.68. The lowest BCUT2D eigenvalue weighted by Gasteiger charge is -2.23. The van der Waals surface area contributed by atoms with Crippen LogP contribution in [0.4, 0.5) is 0 Å². The first-order valence-electron chi connectivity index (χ1n) is 6.44. The maximum atomic E-state index is 6.10. The Morgan fingerprint density at radius 1 is 1.22 bits per heavy atom. The van der Waals surface area contributed by atoms with Crippen LogP contribution in [-0.2, 0) is 0 Å². The fourth-order valence-corrected chi connectivity index (χ4v) is 2.41. The van der Waals surface area contributed by atoms with E-state index in [0.29, 0.717) is 6.04 Å². The zero-order valence-electron chi connectivity index (χ0n) is 10.8. The standard InChI is InChI=1S/C14H18N4/c1-9-3-6-11(7-4-9)13-16-14-12(15)8-5-10(2)18(14)17-13/h3-4,6-7,10,12H,5,8,15H2,1-2H3. The molecule has 3 rings (SSSR count). The summed E-state index contributed by atoms with van der Waals surface area (Å²) in [4.78, 5) is 4.61. The molecule has 0 spiro atoms. The second kappa shape index (κ2) is 4.21. The Morgan fingerprint density at radius 3 is 2.61 bits per heavy atom. The molecule has 1 aromatic carbocycles. The first-order chi connectivity index (χ1) is 8.65. The van der Waals surface area contributed by atoms with E-state index < -0.39 is 0 Å². The van der Waals surface area contributed by atoms with Crippen LogP contribution in [0.25, 0.3) is 11.4 Å². The van der Waals surface area contributed by atoms with Crippen molar-refractivity contribution in [1.82, 2.24) is 14.8 Å². The summed E-state index contributed by atoms with van der Waals surface area (Å²) in [7, 11) is 0. The third-order valence-electron chi connectivity index (χ3n) is 3.61. The molecular weight excluding hydrogens is 224 g/mol. The fraction of sp³-hybridized carbons (Fsp3) is 0.429. The summed E-state index contributed by atoms with van der Waals surface area (Å²) in [5.41, 5.74) is 8.40. The summed E-state index contributed by atoms with van der Waals surface area (Å²) >= 11 is 0. The number of aromatic nitrogens is 3. The maximum Gasteiger partial charge on any atom is 0.181 e. The summed E-state index contributed by atoms with van der Waals surface area (Å²) in [6.07, 6.45) is 2.07. The Labute approximate surface area is 107 Å². The average Bonchev–Trinajstić information content (AvgIpc) is 2.81. The molecular formula is C14H18N4. The van der Waals surface area contributed by atoms with E-state index in [1.807, 2.05) is 4.68 Å². The highest BCUT2D eigenvalue weighted by atomic mass is 15.4. The molecule has 0 radical (unpaired) electrons. The van der Waals surface area contributed by atoms with E-state index in [2.05, 4.69) is 48.2 Å². The van der Waals surface area contributed by atoms with E-state index >= 15 is 0 Å². The zero-order chi connectivity index (χ0) is 12.7. The highest BCUT2D eigenvalue weighted by Gasteiger charge is 2.25. The van der Waals surface area contributed by atoms with Crippen LogP contribution in [0.15, 0.2) is 24.3 Å². The molecule has 18 heavy (non-hydrogen) atoms. The van der Waals surface area contributed by atoms with E-state index in [9.17, 15) is 0 Å². The van der Waals surface area contributed by atoms with Crippen molar-refractivity contribution in [2.24, 2.45) is 5.73 Å². The minimum Gasteiger partial charge on any atom is -0.321 e. The molecule has 2 atom stereocenters. The van der Waals surface area contributed by atoms with Gasteiger partial charge in [-0.05, 0) is 26.7 Å². The van der Waals surface area contributed by atoms with Gasteiger partial charge in [-0.1, -0.05) is 29.8 Å². The van der Waals surface area contributed by atoms with E-state index in [0.717, 1.165) is 30.1 Å². The molecule has 2 heterocycles. The van der Waals surface area contributed by atoms with Crippen molar-refractivity contribution in [2.45, 2.75) is 38.8 Å². The van der Waals surface area contributed by atoms with Gasteiger partial charge in [-0.2, -0.15) is 5.10 Å². The van der Waals surface area contributed by atoms with Gasteiger partial charge in [0.15, 0.2) is 5.82 Å². The highest BCUT2D eigenvalue weighted by Crippen LogP contribution is 2.30. The second-order valence-electron chi connectivity index (χ2n) is 5.14. The summed E-state index contributed by atoms with van der Waals surface area (Å²) < 4.78 is 1.99. The van der Waals surface area contributed by atoms with Crippen LogP contribution < -0.4 is 5.73 Å². The van der Waals surface area contributed by atoms with Crippen molar-refractivity contribution in [3.8, 4) is 11.4 Å². The Kier molecular flexibility index (Phi) is 2.67. The molecule has 0 saturated carbocycles. The van der Waals surface area contributed by atoms with Crippen molar-refractivity contribution in [2.75, 3.05) is 0 Å². The zero-order valence-corrected chi connectivity index (χ0v) is 10.8. The first kappa shape index (κ1) is 11.4. The lowest BCUT2D eigenvalue weighted by Crippen LogP contribution is -2.25. The third kappa shape index (κ3) is 1.82. The molecule has 1 aliphatic heterocycles. The Morgan fingerprint density at radius 2 is 1.94 bits per heavy atom. The van der Waals surface area contributed by atoms with Gasteiger partial charge in [0.25, 0.3) is 0 Å². The highest BCUT2D eigenvalue weighted by molar-refractivity contribution is 5.55. The van der Waals surface area contributed by atoms with E-state index in [1.54, 1.807) is 0 Å². The van der Waals surface area contributed by atoms with Gasteiger partial charge in [0.1, 0.15) is 5.82 Å². The lowest BCUT2D eigenvalue weighted by atomic mass is 10.0. The van der Waals surface area contributed by atoms with Crippen LogP contribution in [0.2, 0.25) is 0 Å². The summed E-state index contributed by atoms with van der Waals surface area (Å²) in [5.74, 6) is 1.71. The molecule has 2 N–H and O–H groups in total. The Bertz CT molecular complexity index is 528. The van der Waals surface area contributed by atoms with E-state index in [4.69, 9.17) is 5.73 Å².